The van der Waals surface area contributed by atoms with Crippen LogP contribution in [0.4, 0.5) is 0 Å². The molecule has 0 saturated carbocycles. The summed E-state index contributed by atoms with van der Waals surface area (Å²) >= 11 is 15.5. The fraction of sp³-hybridized carbons (Fsp3) is 0.190. The van der Waals surface area contributed by atoms with Gasteiger partial charge in [-0.2, -0.15) is 0 Å². The molecule has 0 amide bonds. The lowest BCUT2D eigenvalue weighted by Gasteiger charge is -2.14. The van der Waals surface area contributed by atoms with E-state index in [9.17, 15) is 9.59 Å². The highest BCUT2D eigenvalue weighted by molar-refractivity contribution is 9.10. The highest BCUT2D eigenvalue weighted by Crippen LogP contribution is 2.38. The van der Waals surface area contributed by atoms with Gasteiger partial charge >= 0.3 is 11.9 Å². The first kappa shape index (κ1) is 23.1. The number of aliphatic imine (C=N–C) groups is 1. The van der Waals surface area contributed by atoms with Gasteiger partial charge in [-0.05, 0) is 64.8 Å². The minimum absolute atomic E-state index is 0.0820. The summed E-state index contributed by atoms with van der Waals surface area (Å²) in [5, 5.41) is 0.769. The van der Waals surface area contributed by atoms with Crippen molar-refractivity contribution < 1.29 is 28.5 Å². The predicted octanol–water partition coefficient (Wildman–Crippen LogP) is 5.05. The lowest BCUT2D eigenvalue weighted by atomic mass is 10.1. The number of ether oxygens (including phenoxy) is 4. The molecular weight excluding hydrogens is 513 g/mol. The standard InChI is InChI=1S/C21H16BrCl2NO6/c1-3-29-17-8-11(6-14(22)19(17)30-10-18(26)28-2)7-16-21(27)31-20(25-16)13-5-4-12(23)9-15(13)24/h4-9H,3,10H2,1-2H3/b16-7-. The van der Waals surface area contributed by atoms with Crippen LogP contribution in [0.3, 0.4) is 0 Å². The summed E-state index contributed by atoms with van der Waals surface area (Å²) in [5.74, 6) is -0.359. The molecule has 0 aromatic heterocycles. The Labute approximate surface area is 196 Å². The number of benzene rings is 2. The monoisotopic (exact) mass is 527 g/mol. The topological polar surface area (TPSA) is 83.4 Å². The number of esters is 2. The fourth-order valence-corrected chi connectivity index (χ4v) is 3.67. The first-order valence-electron chi connectivity index (χ1n) is 8.96. The molecule has 7 nitrogen and oxygen atoms in total. The molecule has 0 spiro atoms. The predicted molar refractivity (Wildman–Crippen MR) is 120 cm³/mol. The maximum atomic E-state index is 12.3. The second-order valence-corrected chi connectivity index (χ2v) is 7.79. The first-order valence-corrected chi connectivity index (χ1v) is 10.5. The summed E-state index contributed by atoms with van der Waals surface area (Å²) in [6.45, 7) is 1.89. The molecular formula is C21H16BrCl2NO6. The van der Waals surface area contributed by atoms with Crippen LogP contribution in [0.2, 0.25) is 10.0 Å². The van der Waals surface area contributed by atoms with Gasteiger partial charge in [-0.25, -0.2) is 14.6 Å². The van der Waals surface area contributed by atoms with Crippen LogP contribution in [-0.4, -0.2) is 38.2 Å². The van der Waals surface area contributed by atoms with Crippen LogP contribution in [-0.2, 0) is 19.1 Å². The molecule has 0 radical (unpaired) electrons. The van der Waals surface area contributed by atoms with Crippen molar-refractivity contribution >= 4 is 63.0 Å². The van der Waals surface area contributed by atoms with Crippen molar-refractivity contribution in [2.24, 2.45) is 4.99 Å². The zero-order chi connectivity index (χ0) is 22.5. The third-order valence-corrected chi connectivity index (χ3v) is 5.12. The molecule has 3 rings (SSSR count). The van der Waals surface area contributed by atoms with Gasteiger partial charge in [0.05, 0.1) is 28.8 Å². The summed E-state index contributed by atoms with van der Waals surface area (Å²) in [6, 6.07) is 8.13. The van der Waals surface area contributed by atoms with Crippen LogP contribution in [0, 0.1) is 0 Å². The lowest BCUT2D eigenvalue weighted by Crippen LogP contribution is -2.13. The normalized spacial score (nSPS) is 14.3. The second-order valence-electron chi connectivity index (χ2n) is 6.09. The molecule has 1 aliphatic heterocycles. The molecule has 0 saturated heterocycles. The largest absolute Gasteiger partial charge is 0.490 e. The maximum absolute atomic E-state index is 12.3. The van der Waals surface area contributed by atoms with Crippen LogP contribution in [0.25, 0.3) is 6.08 Å². The number of carbonyl (C=O) groups excluding carboxylic acids is 2. The van der Waals surface area contributed by atoms with Gasteiger partial charge in [-0.15, -0.1) is 0 Å². The summed E-state index contributed by atoms with van der Waals surface area (Å²) in [7, 11) is 1.27. The molecule has 1 aliphatic rings. The van der Waals surface area contributed by atoms with E-state index in [1.807, 2.05) is 6.92 Å². The number of nitrogens with zero attached hydrogens (tertiary/aromatic N) is 1. The van der Waals surface area contributed by atoms with Gasteiger partial charge in [0.25, 0.3) is 0 Å². The number of cyclic esters (lactones) is 1. The van der Waals surface area contributed by atoms with Crippen molar-refractivity contribution in [3.63, 3.8) is 0 Å². The van der Waals surface area contributed by atoms with Gasteiger partial charge < -0.3 is 18.9 Å². The Morgan fingerprint density at radius 1 is 1.23 bits per heavy atom. The zero-order valence-corrected chi connectivity index (χ0v) is 19.5. The van der Waals surface area contributed by atoms with Crippen molar-refractivity contribution in [2.45, 2.75) is 6.92 Å². The van der Waals surface area contributed by atoms with E-state index in [0.29, 0.717) is 43.8 Å². The lowest BCUT2D eigenvalue weighted by molar-refractivity contribution is -0.143. The molecule has 10 heteroatoms. The van der Waals surface area contributed by atoms with Gasteiger partial charge in [0.15, 0.2) is 23.8 Å². The average Bonchev–Trinajstić information content (AvgIpc) is 3.07. The van der Waals surface area contributed by atoms with Crippen LogP contribution in [0.1, 0.15) is 18.1 Å². The Bertz CT molecular complexity index is 1100. The van der Waals surface area contributed by atoms with Gasteiger partial charge in [-0.3, -0.25) is 0 Å². The maximum Gasteiger partial charge on any atom is 0.363 e. The quantitative estimate of drug-likeness (QED) is 0.369. The van der Waals surface area contributed by atoms with E-state index in [1.54, 1.807) is 24.3 Å². The number of halogens is 3. The molecule has 162 valence electrons. The van der Waals surface area contributed by atoms with Crippen LogP contribution < -0.4 is 9.47 Å². The van der Waals surface area contributed by atoms with Gasteiger partial charge in [0.2, 0.25) is 5.90 Å². The molecule has 0 atom stereocenters. The molecule has 0 N–H and O–H groups in total. The summed E-state index contributed by atoms with van der Waals surface area (Å²) in [4.78, 5) is 28.0. The average molecular weight is 529 g/mol. The number of carbonyl (C=O) groups is 2. The van der Waals surface area contributed by atoms with E-state index in [4.69, 9.17) is 37.4 Å². The van der Waals surface area contributed by atoms with Crippen molar-refractivity contribution in [3.05, 3.63) is 61.7 Å². The van der Waals surface area contributed by atoms with E-state index in [1.165, 1.54) is 19.3 Å². The molecule has 0 unspecified atom stereocenters. The SMILES string of the molecule is CCOc1cc(/C=C2\N=C(c3ccc(Cl)cc3Cl)OC2=O)cc(Br)c1OCC(=O)OC. The Morgan fingerprint density at radius 3 is 2.68 bits per heavy atom. The van der Waals surface area contributed by atoms with Crippen molar-refractivity contribution in [1.82, 2.24) is 0 Å². The van der Waals surface area contributed by atoms with Crippen LogP contribution in [0.15, 0.2) is 45.5 Å². The van der Waals surface area contributed by atoms with Gasteiger partial charge in [0.1, 0.15) is 0 Å². The molecule has 1 heterocycles. The molecule has 31 heavy (non-hydrogen) atoms. The van der Waals surface area contributed by atoms with Gasteiger partial charge in [0, 0.05) is 5.02 Å². The Balaban J connectivity index is 1.93. The van der Waals surface area contributed by atoms with Crippen molar-refractivity contribution in [3.8, 4) is 11.5 Å². The smallest absolute Gasteiger partial charge is 0.363 e. The number of rotatable bonds is 7. The zero-order valence-electron chi connectivity index (χ0n) is 16.4. The van der Waals surface area contributed by atoms with Crippen LogP contribution >= 0.6 is 39.1 Å². The summed E-state index contributed by atoms with van der Waals surface area (Å²) in [5.41, 5.74) is 1.13. The minimum Gasteiger partial charge on any atom is -0.490 e. The number of methoxy groups -OCH3 is 1. The number of hydrogen-bond donors (Lipinski definition) is 0. The fourth-order valence-electron chi connectivity index (χ4n) is 2.61. The van der Waals surface area contributed by atoms with E-state index >= 15 is 0 Å². The Morgan fingerprint density at radius 2 is 2.00 bits per heavy atom. The Hall–Kier alpha value is -2.55. The van der Waals surface area contributed by atoms with E-state index in [2.05, 4.69) is 25.7 Å². The summed E-state index contributed by atoms with van der Waals surface area (Å²) < 4.78 is 21.5. The van der Waals surface area contributed by atoms with Crippen LogP contribution in [0.5, 0.6) is 11.5 Å². The molecule has 2 aromatic rings. The first-order chi connectivity index (χ1) is 14.8. The highest BCUT2D eigenvalue weighted by Gasteiger charge is 2.26. The number of hydrogen-bond acceptors (Lipinski definition) is 7. The highest BCUT2D eigenvalue weighted by atomic mass is 79.9. The van der Waals surface area contributed by atoms with E-state index in [-0.39, 0.29) is 18.2 Å². The summed E-state index contributed by atoms with van der Waals surface area (Å²) in [6.07, 6.45) is 1.54. The van der Waals surface area contributed by atoms with Crippen molar-refractivity contribution in [2.75, 3.05) is 20.3 Å². The Kier molecular flexibility index (Phi) is 7.59. The van der Waals surface area contributed by atoms with E-state index < -0.39 is 11.9 Å². The third kappa shape index (κ3) is 5.58. The van der Waals surface area contributed by atoms with Crippen molar-refractivity contribution in [1.29, 1.82) is 0 Å². The van der Waals surface area contributed by atoms with E-state index in [0.717, 1.165) is 0 Å². The molecule has 2 aromatic carbocycles. The molecule has 0 aliphatic carbocycles. The minimum atomic E-state index is -0.624. The molecule has 0 bridgehead atoms. The molecule has 0 fully saturated rings. The second kappa shape index (κ2) is 10.2. The van der Waals surface area contributed by atoms with Gasteiger partial charge in [-0.1, -0.05) is 23.2 Å². The third-order valence-electron chi connectivity index (χ3n) is 3.98.